The Morgan fingerprint density at radius 3 is 2.71 bits per heavy atom. The first-order chi connectivity index (χ1) is 6.77. The van der Waals surface area contributed by atoms with Crippen LogP contribution in [-0.2, 0) is 4.74 Å². The number of rotatable bonds is 5. The van der Waals surface area contributed by atoms with Crippen molar-refractivity contribution in [2.75, 3.05) is 12.5 Å². The lowest BCUT2D eigenvalue weighted by Crippen LogP contribution is -2.29. The van der Waals surface area contributed by atoms with Gasteiger partial charge in [0.25, 0.3) is 0 Å². The predicted octanol–water partition coefficient (Wildman–Crippen LogP) is 3.85. The Hall–Kier alpha value is 0.250. The Labute approximate surface area is 93.2 Å². The van der Waals surface area contributed by atoms with Crippen LogP contribution in [0.15, 0.2) is 0 Å². The molecular weight excluding hydrogens is 196 g/mol. The summed E-state index contributed by atoms with van der Waals surface area (Å²) >= 11 is 5.76. The van der Waals surface area contributed by atoms with Crippen molar-refractivity contribution >= 4 is 11.6 Å². The fourth-order valence-electron chi connectivity index (χ4n) is 2.19. The average molecular weight is 219 g/mol. The molecule has 0 saturated heterocycles. The Kier molecular flexibility index (Phi) is 5.88. The van der Waals surface area contributed by atoms with Crippen LogP contribution in [0.1, 0.15) is 46.0 Å². The van der Waals surface area contributed by atoms with Crippen molar-refractivity contribution in [3.63, 3.8) is 0 Å². The maximum Gasteiger partial charge on any atom is 0.0603 e. The van der Waals surface area contributed by atoms with Crippen LogP contribution in [0, 0.1) is 11.8 Å². The molecule has 0 aromatic carbocycles. The third-order valence-electron chi connectivity index (χ3n) is 3.22. The van der Waals surface area contributed by atoms with E-state index in [0.29, 0.717) is 17.9 Å². The Bertz CT molecular complexity index is 149. The van der Waals surface area contributed by atoms with Gasteiger partial charge in [0, 0.05) is 5.88 Å². The molecule has 14 heavy (non-hydrogen) atoms. The van der Waals surface area contributed by atoms with Crippen LogP contribution in [-0.4, -0.2) is 18.6 Å². The first-order valence-corrected chi connectivity index (χ1v) is 6.49. The molecule has 0 radical (unpaired) electrons. The summed E-state index contributed by atoms with van der Waals surface area (Å²) in [6.45, 7) is 5.26. The molecule has 1 fully saturated rings. The zero-order chi connectivity index (χ0) is 10.4. The van der Waals surface area contributed by atoms with E-state index in [-0.39, 0.29) is 0 Å². The smallest absolute Gasteiger partial charge is 0.0603 e. The number of alkyl halides is 1. The van der Waals surface area contributed by atoms with E-state index in [0.717, 1.165) is 12.5 Å². The molecule has 1 rings (SSSR count). The minimum Gasteiger partial charge on any atom is -0.378 e. The molecule has 2 heteroatoms. The van der Waals surface area contributed by atoms with Gasteiger partial charge in [-0.2, -0.15) is 0 Å². The quantitative estimate of drug-likeness (QED) is 0.637. The molecule has 3 unspecified atom stereocenters. The van der Waals surface area contributed by atoms with Gasteiger partial charge in [0.15, 0.2) is 0 Å². The fraction of sp³-hybridized carbons (Fsp3) is 1.00. The lowest BCUT2D eigenvalue weighted by atomic mass is 9.85. The summed E-state index contributed by atoms with van der Waals surface area (Å²) in [7, 11) is 0. The van der Waals surface area contributed by atoms with Crippen LogP contribution >= 0.6 is 11.6 Å². The molecule has 0 aliphatic heterocycles. The van der Waals surface area contributed by atoms with Crippen LogP contribution in [0.5, 0.6) is 0 Å². The topological polar surface area (TPSA) is 9.23 Å². The maximum atomic E-state index is 5.95. The minimum absolute atomic E-state index is 0.496. The zero-order valence-electron chi connectivity index (χ0n) is 9.47. The molecule has 1 saturated carbocycles. The van der Waals surface area contributed by atoms with Gasteiger partial charge in [-0.1, -0.05) is 33.1 Å². The van der Waals surface area contributed by atoms with Gasteiger partial charge in [-0.05, 0) is 24.7 Å². The number of ether oxygens (including phenoxy) is 1. The molecule has 0 heterocycles. The fourth-order valence-corrected chi connectivity index (χ4v) is 2.28. The number of hydrogen-bond donors (Lipinski definition) is 0. The van der Waals surface area contributed by atoms with E-state index in [1.807, 2.05) is 0 Å². The summed E-state index contributed by atoms with van der Waals surface area (Å²) < 4.78 is 5.95. The van der Waals surface area contributed by atoms with Crippen molar-refractivity contribution in [3.05, 3.63) is 0 Å². The predicted molar refractivity (Wildman–Crippen MR) is 61.9 cm³/mol. The van der Waals surface area contributed by atoms with Crippen molar-refractivity contribution in [1.82, 2.24) is 0 Å². The van der Waals surface area contributed by atoms with Crippen molar-refractivity contribution in [1.29, 1.82) is 0 Å². The molecule has 0 aromatic rings. The first-order valence-electron chi connectivity index (χ1n) is 5.95. The van der Waals surface area contributed by atoms with Gasteiger partial charge >= 0.3 is 0 Å². The summed E-state index contributed by atoms with van der Waals surface area (Å²) in [6.07, 6.45) is 7.13. The SMILES string of the molecule is CCC1CCCCC1OCC(C)CCl. The van der Waals surface area contributed by atoms with E-state index < -0.39 is 0 Å². The van der Waals surface area contributed by atoms with Crippen LogP contribution in [0.2, 0.25) is 0 Å². The third kappa shape index (κ3) is 3.78. The number of halogens is 1. The largest absolute Gasteiger partial charge is 0.378 e. The highest BCUT2D eigenvalue weighted by atomic mass is 35.5. The molecule has 0 bridgehead atoms. The second-order valence-electron chi connectivity index (χ2n) is 4.58. The lowest BCUT2D eigenvalue weighted by Gasteiger charge is -2.31. The summed E-state index contributed by atoms with van der Waals surface area (Å²) in [4.78, 5) is 0. The van der Waals surface area contributed by atoms with E-state index in [4.69, 9.17) is 16.3 Å². The first kappa shape index (κ1) is 12.3. The third-order valence-corrected chi connectivity index (χ3v) is 3.75. The van der Waals surface area contributed by atoms with Crippen molar-refractivity contribution in [2.24, 2.45) is 11.8 Å². The van der Waals surface area contributed by atoms with E-state index in [1.54, 1.807) is 0 Å². The molecule has 0 amide bonds. The molecular formula is C12H23ClO. The maximum absolute atomic E-state index is 5.95. The summed E-state index contributed by atoms with van der Waals surface area (Å²) in [6, 6.07) is 0. The van der Waals surface area contributed by atoms with Crippen molar-refractivity contribution < 1.29 is 4.74 Å². The van der Waals surface area contributed by atoms with Gasteiger partial charge in [0.05, 0.1) is 12.7 Å². The average Bonchev–Trinajstić information content (AvgIpc) is 2.26. The van der Waals surface area contributed by atoms with Gasteiger partial charge in [-0.3, -0.25) is 0 Å². The van der Waals surface area contributed by atoms with Crippen molar-refractivity contribution in [2.45, 2.75) is 52.1 Å². The molecule has 0 N–H and O–H groups in total. The van der Waals surface area contributed by atoms with Gasteiger partial charge < -0.3 is 4.74 Å². The molecule has 1 nitrogen and oxygen atoms in total. The van der Waals surface area contributed by atoms with E-state index in [2.05, 4.69) is 13.8 Å². The summed E-state index contributed by atoms with van der Waals surface area (Å²) in [5, 5.41) is 0. The van der Waals surface area contributed by atoms with Crippen LogP contribution < -0.4 is 0 Å². The van der Waals surface area contributed by atoms with Crippen LogP contribution in [0.3, 0.4) is 0 Å². The second-order valence-corrected chi connectivity index (χ2v) is 4.89. The standard InChI is InChI=1S/C12H23ClO/c1-3-11-6-4-5-7-12(11)14-9-10(2)8-13/h10-12H,3-9H2,1-2H3. The highest BCUT2D eigenvalue weighted by Gasteiger charge is 2.24. The Morgan fingerprint density at radius 2 is 2.07 bits per heavy atom. The minimum atomic E-state index is 0.496. The Morgan fingerprint density at radius 1 is 1.36 bits per heavy atom. The van der Waals surface area contributed by atoms with E-state index in [9.17, 15) is 0 Å². The monoisotopic (exact) mass is 218 g/mol. The van der Waals surface area contributed by atoms with Gasteiger partial charge in [0.2, 0.25) is 0 Å². The molecule has 0 aromatic heterocycles. The van der Waals surface area contributed by atoms with E-state index >= 15 is 0 Å². The summed E-state index contributed by atoms with van der Waals surface area (Å²) in [5.74, 6) is 2.01. The van der Waals surface area contributed by atoms with Gasteiger partial charge in [0.1, 0.15) is 0 Å². The normalized spacial score (nSPS) is 30.2. The molecule has 0 spiro atoms. The molecule has 1 aliphatic carbocycles. The second kappa shape index (κ2) is 6.68. The van der Waals surface area contributed by atoms with Gasteiger partial charge in [-0.25, -0.2) is 0 Å². The molecule has 3 atom stereocenters. The number of hydrogen-bond acceptors (Lipinski definition) is 1. The highest BCUT2D eigenvalue weighted by molar-refractivity contribution is 6.18. The zero-order valence-corrected chi connectivity index (χ0v) is 10.2. The molecule has 1 aliphatic rings. The molecule has 84 valence electrons. The van der Waals surface area contributed by atoms with Crippen LogP contribution in [0.25, 0.3) is 0 Å². The van der Waals surface area contributed by atoms with Crippen LogP contribution in [0.4, 0.5) is 0 Å². The van der Waals surface area contributed by atoms with Crippen molar-refractivity contribution in [3.8, 4) is 0 Å². The summed E-state index contributed by atoms with van der Waals surface area (Å²) in [5.41, 5.74) is 0. The highest BCUT2D eigenvalue weighted by Crippen LogP contribution is 2.29. The van der Waals surface area contributed by atoms with Gasteiger partial charge in [-0.15, -0.1) is 11.6 Å². The lowest BCUT2D eigenvalue weighted by molar-refractivity contribution is -0.0230. The van der Waals surface area contributed by atoms with E-state index in [1.165, 1.54) is 32.1 Å². The Balaban J connectivity index is 2.26.